The van der Waals surface area contributed by atoms with Crippen molar-refractivity contribution in [2.45, 2.75) is 46.1 Å². The van der Waals surface area contributed by atoms with Crippen LogP contribution in [-0.2, 0) is 0 Å². The Labute approximate surface area is 106 Å². The van der Waals surface area contributed by atoms with Crippen LogP contribution in [0.15, 0.2) is 18.2 Å². The van der Waals surface area contributed by atoms with Crippen molar-refractivity contribution in [2.75, 3.05) is 6.54 Å². The molecule has 1 unspecified atom stereocenters. The Morgan fingerprint density at radius 3 is 2.47 bits per heavy atom. The molecule has 0 saturated carbocycles. The van der Waals surface area contributed by atoms with Gasteiger partial charge in [-0.15, -0.1) is 12.3 Å². The van der Waals surface area contributed by atoms with Crippen molar-refractivity contribution in [2.24, 2.45) is 0 Å². The van der Waals surface area contributed by atoms with Gasteiger partial charge in [0, 0.05) is 12.5 Å². The van der Waals surface area contributed by atoms with Crippen LogP contribution in [0.4, 0.5) is 0 Å². The van der Waals surface area contributed by atoms with Crippen molar-refractivity contribution >= 4 is 0 Å². The lowest BCUT2D eigenvalue weighted by Crippen LogP contribution is -2.22. The summed E-state index contributed by atoms with van der Waals surface area (Å²) in [4.78, 5) is 0. The molecule has 1 nitrogen and oxygen atoms in total. The number of hydrogen-bond acceptors (Lipinski definition) is 1. The Kier molecular flexibility index (Phi) is 5.80. The molecule has 0 aliphatic rings. The van der Waals surface area contributed by atoms with E-state index < -0.39 is 0 Å². The predicted octanol–water partition coefficient (Wildman–Crippen LogP) is 3.76. The minimum atomic E-state index is 0.439. The molecule has 0 aromatic heterocycles. The van der Waals surface area contributed by atoms with E-state index in [-0.39, 0.29) is 0 Å². The van der Waals surface area contributed by atoms with Crippen molar-refractivity contribution in [1.82, 2.24) is 5.32 Å². The summed E-state index contributed by atoms with van der Waals surface area (Å²) in [5.74, 6) is 2.72. The first-order chi connectivity index (χ1) is 8.20. The zero-order chi connectivity index (χ0) is 12.7. The quantitative estimate of drug-likeness (QED) is 0.578. The Hall–Kier alpha value is -1.26. The zero-order valence-corrected chi connectivity index (χ0v) is 11.2. The van der Waals surface area contributed by atoms with Gasteiger partial charge < -0.3 is 5.32 Å². The van der Waals surface area contributed by atoms with Crippen LogP contribution in [0, 0.1) is 26.2 Å². The van der Waals surface area contributed by atoms with Gasteiger partial charge in [-0.2, -0.15) is 0 Å². The van der Waals surface area contributed by atoms with Crippen LogP contribution < -0.4 is 5.32 Å². The smallest absolute Gasteiger partial charge is 0.0325 e. The van der Waals surface area contributed by atoms with Gasteiger partial charge in [-0.3, -0.25) is 0 Å². The molecule has 0 saturated heterocycles. The summed E-state index contributed by atoms with van der Waals surface area (Å²) in [6, 6.07) is 6.94. The maximum Gasteiger partial charge on any atom is 0.0325 e. The molecule has 0 amide bonds. The SMILES string of the molecule is C#CCCCC(NCC)c1c(C)cccc1C. The van der Waals surface area contributed by atoms with Gasteiger partial charge in [0.2, 0.25) is 0 Å². The van der Waals surface area contributed by atoms with Crippen LogP contribution in [0.2, 0.25) is 0 Å². The summed E-state index contributed by atoms with van der Waals surface area (Å²) >= 11 is 0. The largest absolute Gasteiger partial charge is 0.310 e. The van der Waals surface area contributed by atoms with Gasteiger partial charge in [0.05, 0.1) is 0 Å². The van der Waals surface area contributed by atoms with E-state index in [1.165, 1.54) is 16.7 Å². The van der Waals surface area contributed by atoms with Crippen LogP contribution >= 0.6 is 0 Å². The van der Waals surface area contributed by atoms with E-state index in [0.717, 1.165) is 25.8 Å². The van der Waals surface area contributed by atoms with E-state index in [4.69, 9.17) is 6.42 Å². The molecule has 1 heteroatoms. The Balaban J connectivity index is 2.85. The van der Waals surface area contributed by atoms with Crippen LogP contribution in [0.3, 0.4) is 0 Å². The average molecular weight is 229 g/mol. The van der Waals surface area contributed by atoms with Gasteiger partial charge in [-0.1, -0.05) is 25.1 Å². The molecule has 1 rings (SSSR count). The first-order valence-electron chi connectivity index (χ1n) is 6.43. The second kappa shape index (κ2) is 7.14. The topological polar surface area (TPSA) is 12.0 Å². The number of unbranched alkanes of at least 4 members (excludes halogenated alkanes) is 1. The third kappa shape index (κ3) is 3.91. The van der Waals surface area contributed by atoms with Crippen molar-refractivity contribution in [3.8, 4) is 12.3 Å². The minimum Gasteiger partial charge on any atom is -0.310 e. The number of aryl methyl sites for hydroxylation is 2. The van der Waals surface area contributed by atoms with E-state index >= 15 is 0 Å². The normalized spacial score (nSPS) is 12.1. The van der Waals surface area contributed by atoms with Crippen molar-refractivity contribution in [3.63, 3.8) is 0 Å². The third-order valence-electron chi connectivity index (χ3n) is 3.16. The van der Waals surface area contributed by atoms with Gasteiger partial charge in [0.25, 0.3) is 0 Å². The van der Waals surface area contributed by atoms with Crippen molar-refractivity contribution in [1.29, 1.82) is 0 Å². The molecule has 0 fully saturated rings. The summed E-state index contributed by atoms with van der Waals surface area (Å²) in [6.07, 6.45) is 8.38. The summed E-state index contributed by atoms with van der Waals surface area (Å²) in [5.41, 5.74) is 4.19. The number of hydrogen-bond donors (Lipinski definition) is 1. The lowest BCUT2D eigenvalue weighted by molar-refractivity contribution is 0.498. The monoisotopic (exact) mass is 229 g/mol. The molecule has 0 heterocycles. The molecule has 1 atom stereocenters. The number of rotatable bonds is 6. The van der Waals surface area contributed by atoms with Gasteiger partial charge in [0.1, 0.15) is 0 Å². The van der Waals surface area contributed by atoms with E-state index in [0.29, 0.717) is 6.04 Å². The Morgan fingerprint density at radius 1 is 1.29 bits per heavy atom. The molecule has 17 heavy (non-hydrogen) atoms. The molecular formula is C16H23N. The van der Waals surface area contributed by atoms with Crippen LogP contribution in [-0.4, -0.2) is 6.54 Å². The van der Waals surface area contributed by atoms with Crippen molar-refractivity contribution in [3.05, 3.63) is 34.9 Å². The molecule has 0 bridgehead atoms. The summed E-state index contributed by atoms with van der Waals surface area (Å²) in [7, 11) is 0. The standard InChI is InChI=1S/C16H23N/c1-5-7-8-12-15(17-6-2)16-13(3)10-9-11-14(16)4/h1,9-11,15,17H,6-8,12H2,2-4H3. The number of terminal acetylenes is 1. The lowest BCUT2D eigenvalue weighted by atomic mass is 9.93. The second-order valence-corrected chi connectivity index (χ2v) is 4.51. The fourth-order valence-corrected chi connectivity index (χ4v) is 2.38. The fraction of sp³-hybridized carbons (Fsp3) is 0.500. The Bertz CT molecular complexity index is 367. The van der Waals surface area contributed by atoms with Crippen LogP contribution in [0.5, 0.6) is 0 Å². The maximum atomic E-state index is 5.32. The summed E-state index contributed by atoms with van der Waals surface area (Å²) in [6.45, 7) is 7.53. The van der Waals surface area contributed by atoms with Crippen LogP contribution in [0.1, 0.15) is 48.9 Å². The molecular weight excluding hydrogens is 206 g/mol. The van der Waals surface area contributed by atoms with E-state index in [1.807, 2.05) is 0 Å². The van der Waals surface area contributed by atoms with Crippen LogP contribution in [0.25, 0.3) is 0 Å². The van der Waals surface area contributed by atoms with Gasteiger partial charge >= 0.3 is 0 Å². The van der Waals surface area contributed by atoms with E-state index in [1.54, 1.807) is 0 Å². The summed E-state index contributed by atoms with van der Waals surface area (Å²) < 4.78 is 0. The highest BCUT2D eigenvalue weighted by Gasteiger charge is 2.14. The molecule has 92 valence electrons. The van der Waals surface area contributed by atoms with Gasteiger partial charge in [-0.05, 0) is 49.9 Å². The van der Waals surface area contributed by atoms with Gasteiger partial charge in [0.15, 0.2) is 0 Å². The fourth-order valence-electron chi connectivity index (χ4n) is 2.38. The van der Waals surface area contributed by atoms with E-state index in [2.05, 4.69) is 50.2 Å². The molecule has 1 aromatic carbocycles. The molecule has 0 aliphatic carbocycles. The number of benzene rings is 1. The first-order valence-corrected chi connectivity index (χ1v) is 6.43. The maximum absolute atomic E-state index is 5.32. The average Bonchev–Trinajstić information content (AvgIpc) is 2.29. The highest BCUT2D eigenvalue weighted by molar-refractivity contribution is 5.36. The van der Waals surface area contributed by atoms with Crippen molar-refractivity contribution < 1.29 is 0 Å². The third-order valence-corrected chi connectivity index (χ3v) is 3.16. The molecule has 1 N–H and O–H groups in total. The first kappa shape index (κ1) is 13.8. The highest BCUT2D eigenvalue weighted by atomic mass is 14.9. The molecule has 0 aliphatic heterocycles. The molecule has 1 aromatic rings. The minimum absolute atomic E-state index is 0.439. The molecule has 0 radical (unpaired) electrons. The summed E-state index contributed by atoms with van der Waals surface area (Å²) in [5, 5.41) is 3.57. The van der Waals surface area contributed by atoms with E-state index in [9.17, 15) is 0 Å². The Morgan fingerprint density at radius 2 is 1.94 bits per heavy atom. The zero-order valence-electron chi connectivity index (χ0n) is 11.2. The second-order valence-electron chi connectivity index (χ2n) is 4.51. The predicted molar refractivity (Wildman–Crippen MR) is 75.0 cm³/mol. The van der Waals surface area contributed by atoms with Gasteiger partial charge in [-0.25, -0.2) is 0 Å². The lowest BCUT2D eigenvalue weighted by Gasteiger charge is -2.22. The number of nitrogens with one attached hydrogen (secondary N) is 1. The molecule has 0 spiro atoms. The highest BCUT2D eigenvalue weighted by Crippen LogP contribution is 2.25.